The lowest BCUT2D eigenvalue weighted by Gasteiger charge is -2.35. The van der Waals surface area contributed by atoms with Gasteiger partial charge in [0.25, 0.3) is 0 Å². The Morgan fingerprint density at radius 3 is 2.30 bits per heavy atom. The lowest BCUT2D eigenvalue weighted by Crippen LogP contribution is -2.40. The van der Waals surface area contributed by atoms with Crippen LogP contribution in [0.3, 0.4) is 0 Å². The van der Waals surface area contributed by atoms with Crippen LogP contribution in [0.25, 0.3) is 5.69 Å². The number of halogens is 2. The number of benzene rings is 1. The van der Waals surface area contributed by atoms with Crippen LogP contribution < -0.4 is 5.73 Å². The van der Waals surface area contributed by atoms with Gasteiger partial charge in [-0.25, -0.2) is 13.8 Å². The zero-order valence-electron chi connectivity index (χ0n) is 14.2. The molecule has 2 rings (SSSR count). The predicted molar refractivity (Wildman–Crippen MR) is 89.9 cm³/mol. The number of aromatic nitrogens is 2. The van der Waals surface area contributed by atoms with Gasteiger partial charge in [0.1, 0.15) is 5.69 Å². The third kappa shape index (κ3) is 3.79. The maximum Gasteiger partial charge on any atom is 0.192 e. The van der Waals surface area contributed by atoms with Gasteiger partial charge in [0.2, 0.25) is 0 Å². The van der Waals surface area contributed by atoms with Crippen LogP contribution in [0, 0.1) is 11.6 Å². The van der Waals surface area contributed by atoms with Crippen molar-refractivity contribution in [3.63, 3.8) is 0 Å². The van der Waals surface area contributed by atoms with Gasteiger partial charge in [-0.1, -0.05) is 20.8 Å². The molecule has 0 spiro atoms. The molecule has 0 aliphatic heterocycles. The van der Waals surface area contributed by atoms with Crippen LogP contribution in [0.1, 0.15) is 26.5 Å². The summed E-state index contributed by atoms with van der Waals surface area (Å²) in [6.45, 7) is 11.1. The van der Waals surface area contributed by atoms with Crippen LogP contribution in [-0.4, -0.2) is 17.9 Å². The van der Waals surface area contributed by atoms with E-state index in [1.807, 2.05) is 0 Å². The van der Waals surface area contributed by atoms with Crippen molar-refractivity contribution in [2.75, 3.05) is 5.73 Å². The summed E-state index contributed by atoms with van der Waals surface area (Å²) in [6.07, 6.45) is 2.95. The van der Waals surface area contributed by atoms with Crippen molar-refractivity contribution in [2.45, 2.75) is 45.5 Å². The third-order valence-corrected chi connectivity index (χ3v) is 8.80. The van der Waals surface area contributed by atoms with E-state index in [2.05, 4.69) is 38.8 Å². The molecule has 0 saturated carbocycles. The number of nitrogens with two attached hydrogens (primary N) is 1. The molecule has 7 heteroatoms. The number of nitrogens with zero attached hydrogens (tertiary/aromatic N) is 2. The first-order chi connectivity index (χ1) is 10.5. The van der Waals surface area contributed by atoms with Gasteiger partial charge >= 0.3 is 0 Å². The van der Waals surface area contributed by atoms with Crippen LogP contribution in [0.5, 0.6) is 0 Å². The fourth-order valence-electron chi connectivity index (χ4n) is 1.86. The van der Waals surface area contributed by atoms with Gasteiger partial charge in [-0.05, 0) is 30.3 Å². The summed E-state index contributed by atoms with van der Waals surface area (Å²) in [5, 5.41) is 0.0880. The van der Waals surface area contributed by atoms with E-state index in [0.717, 1.165) is 12.1 Å². The van der Waals surface area contributed by atoms with Gasteiger partial charge in [0, 0.05) is 11.9 Å². The van der Waals surface area contributed by atoms with Crippen LogP contribution >= 0.6 is 0 Å². The quantitative estimate of drug-likeness (QED) is 0.669. The standard InChI is InChI=1S/C16H23F2N3OSi/c1-16(2,3)23(4,5)22-9-12-8-21(10-20-12)15-13(17)6-11(19)7-14(15)18/h6-8,10H,9,19H2,1-5H3. The Bertz CT molecular complexity index is 685. The number of hydrogen-bond acceptors (Lipinski definition) is 3. The summed E-state index contributed by atoms with van der Waals surface area (Å²) >= 11 is 0. The molecule has 2 aromatic rings. The summed E-state index contributed by atoms with van der Waals surface area (Å²) in [5.41, 5.74) is 5.91. The number of anilines is 1. The van der Waals surface area contributed by atoms with Gasteiger partial charge < -0.3 is 14.7 Å². The molecule has 0 aliphatic carbocycles. The summed E-state index contributed by atoms with van der Waals surface area (Å²) in [4.78, 5) is 4.18. The SMILES string of the molecule is CC(C)(C)[Si](C)(C)OCc1cn(-c2c(F)cc(N)cc2F)cn1. The third-order valence-electron chi connectivity index (χ3n) is 4.32. The van der Waals surface area contributed by atoms with Gasteiger partial charge in [-0.15, -0.1) is 0 Å². The smallest absolute Gasteiger partial charge is 0.192 e. The monoisotopic (exact) mass is 339 g/mol. The molecule has 0 saturated heterocycles. The number of nitrogen functional groups attached to an aromatic ring is 1. The zero-order valence-corrected chi connectivity index (χ0v) is 15.2. The molecule has 0 bridgehead atoms. The molecule has 1 heterocycles. The highest BCUT2D eigenvalue weighted by atomic mass is 28.4. The summed E-state index contributed by atoms with van der Waals surface area (Å²) in [6, 6.07) is 2.18. The Labute approximate surface area is 136 Å². The highest BCUT2D eigenvalue weighted by Crippen LogP contribution is 2.37. The number of hydrogen-bond donors (Lipinski definition) is 1. The molecular formula is C16H23F2N3OSi. The van der Waals surface area contributed by atoms with Crippen molar-refractivity contribution in [1.29, 1.82) is 0 Å². The van der Waals surface area contributed by atoms with Gasteiger partial charge in [-0.3, -0.25) is 0 Å². The van der Waals surface area contributed by atoms with E-state index in [9.17, 15) is 8.78 Å². The Kier molecular flexibility index (Phi) is 4.63. The molecular weight excluding hydrogens is 316 g/mol. The molecule has 126 valence electrons. The first-order valence-electron chi connectivity index (χ1n) is 7.43. The van der Waals surface area contributed by atoms with Crippen molar-refractivity contribution in [3.8, 4) is 5.69 Å². The maximum absolute atomic E-state index is 13.9. The second-order valence-corrected chi connectivity index (χ2v) is 12.0. The summed E-state index contributed by atoms with van der Waals surface area (Å²) < 4.78 is 35.3. The van der Waals surface area contributed by atoms with E-state index in [1.165, 1.54) is 10.9 Å². The van der Waals surface area contributed by atoms with Crippen molar-refractivity contribution < 1.29 is 13.2 Å². The van der Waals surface area contributed by atoms with Crippen LogP contribution in [0.2, 0.25) is 18.1 Å². The van der Waals surface area contributed by atoms with E-state index < -0.39 is 20.0 Å². The summed E-state index contributed by atoms with van der Waals surface area (Å²) in [7, 11) is -1.90. The lowest BCUT2D eigenvalue weighted by molar-refractivity contribution is 0.272. The fraction of sp³-hybridized carbons (Fsp3) is 0.438. The largest absolute Gasteiger partial charge is 0.411 e. The predicted octanol–water partition coefficient (Wildman–Crippen LogP) is 4.25. The minimum absolute atomic E-state index is 0.0466. The topological polar surface area (TPSA) is 53.1 Å². The Balaban J connectivity index is 2.20. The maximum atomic E-state index is 13.9. The molecule has 2 N–H and O–H groups in total. The van der Waals surface area contributed by atoms with E-state index in [4.69, 9.17) is 10.2 Å². The van der Waals surface area contributed by atoms with Crippen LogP contribution in [0.4, 0.5) is 14.5 Å². The normalized spacial score (nSPS) is 12.7. The van der Waals surface area contributed by atoms with Crippen molar-refractivity contribution in [3.05, 3.63) is 42.0 Å². The minimum Gasteiger partial charge on any atom is -0.411 e. The highest BCUT2D eigenvalue weighted by molar-refractivity contribution is 6.74. The number of imidazole rings is 1. The first-order valence-corrected chi connectivity index (χ1v) is 10.3. The Morgan fingerprint density at radius 2 is 1.78 bits per heavy atom. The molecule has 0 atom stereocenters. The molecule has 0 fully saturated rings. The minimum atomic E-state index is -1.90. The molecule has 0 radical (unpaired) electrons. The second-order valence-electron chi connectivity index (χ2n) is 7.15. The van der Waals surface area contributed by atoms with Gasteiger partial charge in [-0.2, -0.15) is 0 Å². The lowest BCUT2D eigenvalue weighted by atomic mass is 10.2. The Hall–Kier alpha value is -1.73. The van der Waals surface area contributed by atoms with Crippen molar-refractivity contribution >= 4 is 14.0 Å². The summed E-state index contributed by atoms with van der Waals surface area (Å²) in [5.74, 6) is -1.45. The molecule has 0 aliphatic rings. The number of rotatable bonds is 4. The highest BCUT2D eigenvalue weighted by Gasteiger charge is 2.37. The van der Waals surface area contributed by atoms with E-state index >= 15 is 0 Å². The molecule has 23 heavy (non-hydrogen) atoms. The van der Waals surface area contributed by atoms with E-state index in [-0.39, 0.29) is 16.4 Å². The average Bonchev–Trinajstić information content (AvgIpc) is 2.82. The molecule has 0 amide bonds. The van der Waals surface area contributed by atoms with Gasteiger partial charge in [0.05, 0.1) is 18.6 Å². The molecule has 0 unspecified atom stereocenters. The molecule has 1 aromatic heterocycles. The van der Waals surface area contributed by atoms with Crippen molar-refractivity contribution in [2.24, 2.45) is 0 Å². The van der Waals surface area contributed by atoms with E-state index in [1.54, 1.807) is 6.20 Å². The van der Waals surface area contributed by atoms with Gasteiger partial charge in [0.15, 0.2) is 20.0 Å². The fourth-order valence-corrected chi connectivity index (χ4v) is 2.80. The molecule has 4 nitrogen and oxygen atoms in total. The van der Waals surface area contributed by atoms with E-state index in [0.29, 0.717) is 12.3 Å². The average molecular weight is 339 g/mol. The van der Waals surface area contributed by atoms with Crippen molar-refractivity contribution in [1.82, 2.24) is 9.55 Å². The second kappa shape index (κ2) is 6.05. The van der Waals surface area contributed by atoms with Crippen LogP contribution in [-0.2, 0) is 11.0 Å². The zero-order chi connectivity index (χ0) is 17.4. The molecule has 1 aromatic carbocycles. The van der Waals surface area contributed by atoms with Crippen LogP contribution in [0.15, 0.2) is 24.7 Å². The Morgan fingerprint density at radius 1 is 1.22 bits per heavy atom. The first kappa shape index (κ1) is 17.6.